The lowest BCUT2D eigenvalue weighted by atomic mass is 10.0. The topological polar surface area (TPSA) is 172 Å². The van der Waals surface area contributed by atoms with Crippen molar-refractivity contribution in [1.82, 2.24) is 15.1 Å². The zero-order valence-corrected chi connectivity index (χ0v) is 29.2. The van der Waals surface area contributed by atoms with Crippen LogP contribution in [0, 0.1) is 5.92 Å². The molecule has 0 aromatic carbocycles. The molecule has 1 aliphatic carbocycles. The average Bonchev–Trinajstić information content (AvgIpc) is 3.50. The summed E-state index contributed by atoms with van der Waals surface area (Å²) in [6.07, 6.45) is -3.12. The molecule has 1 aliphatic heterocycles. The first kappa shape index (κ1) is 41.4. The molecule has 0 unspecified atom stereocenters. The highest BCUT2D eigenvalue weighted by Crippen LogP contribution is 2.55. The van der Waals surface area contributed by atoms with Crippen molar-refractivity contribution in [1.29, 1.82) is 0 Å². The summed E-state index contributed by atoms with van der Waals surface area (Å²) in [5.41, 5.74) is -3.10. The fraction of sp³-hybridized carbons (Fsp3) is 0.727. The Balaban J connectivity index is 2.12. The van der Waals surface area contributed by atoms with Gasteiger partial charge in [-0.25, -0.2) is 14.4 Å². The first-order chi connectivity index (χ1) is 22.4. The van der Waals surface area contributed by atoms with Gasteiger partial charge in [-0.1, -0.05) is 31.6 Å². The van der Waals surface area contributed by atoms with Gasteiger partial charge in [-0.2, -0.15) is 18.1 Å². The average molecular weight is 706 g/mol. The Hall–Kier alpha value is -3.82. The van der Waals surface area contributed by atoms with Gasteiger partial charge in [-0.05, 0) is 74.1 Å². The quantitative estimate of drug-likeness (QED) is 0.126. The summed E-state index contributed by atoms with van der Waals surface area (Å²) in [4.78, 5) is 64.7. The van der Waals surface area contributed by atoms with Crippen molar-refractivity contribution < 1.29 is 61.6 Å². The lowest BCUT2D eigenvalue weighted by Crippen LogP contribution is -2.54. The number of amides is 4. The standard InChI is InChI=1S/C33H50F3N3O10/c1-9-47-20(2)32(39(28(45)48-30(3,4)5)29(46)49-31(6,7)8)18-21(32)15-13-11-10-12-14-16-23(37-27(44)33(34,35)36)25(41)38-19-22(40)17-24(38)26(42)43/h13,15,21-24,40H,2,9-12,14,16-19H2,1,3-8H3,(H,37,44)(H,42,43)/b15-13-/t21-,22-,23+,24+,32+/m1/s1. The van der Waals surface area contributed by atoms with Crippen LogP contribution in [0.4, 0.5) is 22.8 Å². The molecular formula is C33H50F3N3O10. The minimum Gasteiger partial charge on any atom is -0.496 e. The second-order valence-electron chi connectivity index (χ2n) is 14.2. The van der Waals surface area contributed by atoms with Crippen LogP contribution in [0.5, 0.6) is 0 Å². The Labute approximate surface area is 284 Å². The number of nitrogens with one attached hydrogen (secondary N) is 1. The highest BCUT2D eigenvalue weighted by molar-refractivity contribution is 5.92. The Morgan fingerprint density at radius 1 is 1.02 bits per heavy atom. The van der Waals surface area contributed by atoms with Gasteiger partial charge in [-0.3, -0.25) is 9.59 Å². The third kappa shape index (κ3) is 11.6. The molecule has 5 atom stereocenters. The Morgan fingerprint density at radius 2 is 1.59 bits per heavy atom. The molecule has 0 aromatic rings. The van der Waals surface area contributed by atoms with E-state index in [0.29, 0.717) is 25.7 Å². The van der Waals surface area contributed by atoms with E-state index in [-0.39, 0.29) is 44.1 Å². The lowest BCUT2D eigenvalue weighted by Gasteiger charge is -2.34. The molecule has 2 aliphatic rings. The molecule has 278 valence electrons. The van der Waals surface area contributed by atoms with Crippen LogP contribution in [0.1, 0.15) is 93.4 Å². The summed E-state index contributed by atoms with van der Waals surface area (Å²) in [5, 5.41) is 21.0. The van der Waals surface area contributed by atoms with Gasteiger partial charge >= 0.3 is 30.2 Å². The van der Waals surface area contributed by atoms with Gasteiger partial charge in [0.1, 0.15) is 34.6 Å². The van der Waals surface area contributed by atoms with Crippen LogP contribution in [-0.4, -0.2) is 104 Å². The summed E-state index contributed by atoms with van der Waals surface area (Å²) >= 11 is 0. The molecule has 2 rings (SSSR count). The maximum absolute atomic E-state index is 13.4. The largest absolute Gasteiger partial charge is 0.496 e. The van der Waals surface area contributed by atoms with E-state index >= 15 is 0 Å². The monoisotopic (exact) mass is 705 g/mol. The number of carbonyl (C=O) groups excluding carboxylic acids is 4. The molecule has 1 heterocycles. The van der Waals surface area contributed by atoms with Crippen molar-refractivity contribution in [2.45, 2.75) is 135 Å². The number of imide groups is 1. The van der Waals surface area contributed by atoms with Crippen molar-refractivity contribution in [3.05, 3.63) is 24.5 Å². The molecule has 0 aromatic heterocycles. The van der Waals surface area contributed by atoms with E-state index in [9.17, 15) is 47.4 Å². The molecule has 3 N–H and O–H groups in total. The van der Waals surface area contributed by atoms with E-state index in [1.54, 1.807) is 53.8 Å². The van der Waals surface area contributed by atoms with Crippen LogP contribution in [0.3, 0.4) is 0 Å². The van der Waals surface area contributed by atoms with Gasteiger partial charge in [0.2, 0.25) is 5.91 Å². The molecule has 1 saturated heterocycles. The third-order valence-electron chi connectivity index (χ3n) is 7.78. The van der Waals surface area contributed by atoms with E-state index in [1.807, 2.05) is 12.2 Å². The molecule has 0 radical (unpaired) electrons. The SMILES string of the molecule is C=C(OCC)[C@@]1(N(C(=O)OC(C)(C)C)C(=O)OC(C)(C)C)C[C@H]1/C=C\CCCCC[C@H](NC(=O)C(F)(F)F)C(=O)N1C[C@H](O)C[C@H]1C(=O)O. The fourth-order valence-corrected chi connectivity index (χ4v) is 5.56. The van der Waals surface area contributed by atoms with Gasteiger partial charge in [0.15, 0.2) is 0 Å². The molecule has 1 saturated carbocycles. The molecule has 0 bridgehead atoms. The van der Waals surface area contributed by atoms with Gasteiger partial charge in [0.05, 0.1) is 12.7 Å². The molecule has 16 heteroatoms. The number of alkyl halides is 3. The third-order valence-corrected chi connectivity index (χ3v) is 7.78. The lowest BCUT2D eigenvalue weighted by molar-refractivity contribution is -0.175. The number of likely N-dealkylation sites (tertiary alicyclic amines) is 1. The number of ether oxygens (including phenoxy) is 3. The maximum Gasteiger partial charge on any atom is 0.471 e. The Bertz CT molecular complexity index is 1250. The number of carboxylic acids is 1. The predicted octanol–water partition coefficient (Wildman–Crippen LogP) is 5.07. The number of aliphatic carboxylic acids is 1. The number of aliphatic hydroxyl groups excluding tert-OH is 1. The molecule has 4 amide bonds. The number of carbonyl (C=O) groups is 5. The van der Waals surface area contributed by atoms with Crippen LogP contribution in [0.2, 0.25) is 0 Å². The number of allylic oxidation sites excluding steroid dienone is 1. The van der Waals surface area contributed by atoms with E-state index in [2.05, 4.69) is 6.58 Å². The molecule has 49 heavy (non-hydrogen) atoms. The minimum atomic E-state index is -5.26. The number of unbranched alkanes of at least 4 members (excludes halogenated alkanes) is 3. The Kier molecular flexibility index (Phi) is 13.7. The fourth-order valence-electron chi connectivity index (χ4n) is 5.56. The van der Waals surface area contributed by atoms with Crippen molar-refractivity contribution in [2.24, 2.45) is 5.92 Å². The number of aliphatic hydroxyl groups is 1. The van der Waals surface area contributed by atoms with E-state index < -0.39 is 71.1 Å². The van der Waals surface area contributed by atoms with Crippen LogP contribution in [-0.2, 0) is 28.6 Å². The van der Waals surface area contributed by atoms with E-state index in [4.69, 9.17) is 14.2 Å². The number of nitrogens with zero attached hydrogens (tertiary/aromatic N) is 2. The number of hydrogen-bond acceptors (Lipinski definition) is 9. The minimum absolute atomic E-state index is 0.189. The van der Waals surface area contributed by atoms with Crippen LogP contribution in [0.25, 0.3) is 0 Å². The molecule has 13 nitrogen and oxygen atoms in total. The second kappa shape index (κ2) is 16.3. The summed E-state index contributed by atoms with van der Waals surface area (Å²) in [6, 6.07) is -3.06. The summed E-state index contributed by atoms with van der Waals surface area (Å²) < 4.78 is 55.8. The Morgan fingerprint density at radius 3 is 2.08 bits per heavy atom. The predicted molar refractivity (Wildman–Crippen MR) is 170 cm³/mol. The van der Waals surface area contributed by atoms with E-state index in [0.717, 1.165) is 9.80 Å². The van der Waals surface area contributed by atoms with Crippen molar-refractivity contribution in [3.63, 3.8) is 0 Å². The van der Waals surface area contributed by atoms with E-state index in [1.165, 1.54) is 0 Å². The first-order valence-electron chi connectivity index (χ1n) is 16.3. The number of β-amino-alcohol motifs (C(OH)–C–C–N with tert-alkyl or cyclic N) is 1. The number of rotatable bonds is 14. The van der Waals surface area contributed by atoms with Gasteiger partial charge in [0.25, 0.3) is 0 Å². The number of carboxylic acid groups (broad SMARTS) is 1. The van der Waals surface area contributed by atoms with Crippen molar-refractivity contribution in [3.8, 4) is 0 Å². The highest BCUT2D eigenvalue weighted by Gasteiger charge is 2.65. The molecule has 2 fully saturated rings. The summed E-state index contributed by atoms with van der Waals surface area (Å²) in [5.74, 6) is -4.95. The normalized spacial score (nSPS) is 23.1. The van der Waals surface area contributed by atoms with Crippen molar-refractivity contribution in [2.75, 3.05) is 13.2 Å². The van der Waals surface area contributed by atoms with Crippen LogP contribution in [0.15, 0.2) is 24.5 Å². The van der Waals surface area contributed by atoms with Crippen molar-refractivity contribution >= 4 is 30.0 Å². The van der Waals surface area contributed by atoms with Gasteiger partial charge in [0, 0.05) is 18.9 Å². The summed E-state index contributed by atoms with van der Waals surface area (Å²) in [7, 11) is 0. The second-order valence-corrected chi connectivity index (χ2v) is 14.2. The maximum atomic E-state index is 13.4. The molecular weight excluding hydrogens is 655 g/mol. The highest BCUT2D eigenvalue weighted by atomic mass is 19.4. The number of hydrogen-bond donors (Lipinski definition) is 3. The van der Waals surface area contributed by atoms with Crippen LogP contribution < -0.4 is 5.32 Å². The van der Waals surface area contributed by atoms with Gasteiger partial charge < -0.3 is 34.6 Å². The molecule has 0 spiro atoms. The van der Waals surface area contributed by atoms with Crippen LogP contribution >= 0.6 is 0 Å². The summed E-state index contributed by atoms with van der Waals surface area (Å²) in [6.45, 7) is 15.6. The smallest absolute Gasteiger partial charge is 0.471 e. The number of halogens is 3. The zero-order valence-electron chi connectivity index (χ0n) is 29.2. The first-order valence-corrected chi connectivity index (χ1v) is 16.3. The van der Waals surface area contributed by atoms with Gasteiger partial charge in [-0.15, -0.1) is 0 Å². The zero-order chi connectivity index (χ0) is 37.5.